The van der Waals surface area contributed by atoms with E-state index in [9.17, 15) is 10.1 Å². The van der Waals surface area contributed by atoms with E-state index in [-0.39, 0.29) is 11.7 Å². The lowest BCUT2D eigenvalue weighted by Gasteiger charge is -2.05. The number of benzene rings is 1. The first-order valence-electron chi connectivity index (χ1n) is 5.81. The van der Waals surface area contributed by atoms with Gasteiger partial charge in [-0.25, -0.2) is 0 Å². The van der Waals surface area contributed by atoms with Crippen LogP contribution >= 0.6 is 11.6 Å². The monoisotopic (exact) mass is 279 g/mol. The van der Waals surface area contributed by atoms with Crippen molar-refractivity contribution in [2.45, 2.75) is 19.5 Å². The van der Waals surface area contributed by atoms with Gasteiger partial charge >= 0.3 is 0 Å². The van der Waals surface area contributed by atoms with Crippen molar-refractivity contribution in [1.29, 1.82) is 0 Å². The van der Waals surface area contributed by atoms with Crippen LogP contribution in [0.3, 0.4) is 0 Å². The molecule has 1 aromatic heterocycles. The summed E-state index contributed by atoms with van der Waals surface area (Å²) >= 11 is 5.78. The number of nitro benzene ring substituents is 1. The summed E-state index contributed by atoms with van der Waals surface area (Å²) in [5.74, 6) is 0. The zero-order valence-electron chi connectivity index (χ0n) is 10.4. The van der Waals surface area contributed by atoms with Gasteiger partial charge in [0.15, 0.2) is 0 Å². The average molecular weight is 280 g/mol. The number of rotatable bonds is 4. The lowest BCUT2D eigenvalue weighted by molar-refractivity contribution is -0.385. The molecule has 2 aromatic rings. The van der Waals surface area contributed by atoms with Crippen LogP contribution in [0.5, 0.6) is 0 Å². The molecule has 19 heavy (non-hydrogen) atoms. The Hall–Kier alpha value is -1.85. The summed E-state index contributed by atoms with van der Waals surface area (Å²) in [5.41, 5.74) is 7.42. The van der Waals surface area contributed by atoms with E-state index in [2.05, 4.69) is 0 Å². The van der Waals surface area contributed by atoms with Gasteiger partial charge < -0.3 is 10.3 Å². The Morgan fingerprint density at radius 1 is 1.47 bits per heavy atom. The van der Waals surface area contributed by atoms with Crippen molar-refractivity contribution >= 4 is 17.3 Å². The summed E-state index contributed by atoms with van der Waals surface area (Å²) in [4.78, 5) is 10.6. The van der Waals surface area contributed by atoms with Crippen LogP contribution in [0.4, 0.5) is 5.69 Å². The fraction of sp³-hybridized carbons (Fsp3) is 0.231. The van der Waals surface area contributed by atoms with E-state index in [1.54, 1.807) is 12.1 Å². The zero-order valence-corrected chi connectivity index (χ0v) is 11.2. The Morgan fingerprint density at radius 2 is 2.21 bits per heavy atom. The quantitative estimate of drug-likeness (QED) is 0.690. The van der Waals surface area contributed by atoms with Crippen molar-refractivity contribution in [2.75, 3.05) is 0 Å². The minimum Gasteiger partial charge on any atom is -0.349 e. The van der Waals surface area contributed by atoms with Gasteiger partial charge in [-0.15, -0.1) is 0 Å². The van der Waals surface area contributed by atoms with Gasteiger partial charge in [0.05, 0.1) is 11.5 Å². The highest BCUT2D eigenvalue weighted by Crippen LogP contribution is 2.24. The topological polar surface area (TPSA) is 74.1 Å². The number of halogens is 1. The summed E-state index contributed by atoms with van der Waals surface area (Å²) in [5, 5.41) is 11.4. The van der Waals surface area contributed by atoms with Crippen molar-refractivity contribution in [3.8, 4) is 0 Å². The highest BCUT2D eigenvalue weighted by molar-refractivity contribution is 6.30. The second kappa shape index (κ2) is 5.42. The Balaban J connectivity index is 2.29. The maximum absolute atomic E-state index is 11.0. The summed E-state index contributed by atoms with van der Waals surface area (Å²) in [7, 11) is 0. The predicted molar refractivity (Wildman–Crippen MR) is 74.2 cm³/mol. The molecule has 100 valence electrons. The minimum absolute atomic E-state index is 0.0311. The summed E-state index contributed by atoms with van der Waals surface area (Å²) in [6.07, 6.45) is 3.75. The van der Waals surface area contributed by atoms with E-state index >= 15 is 0 Å². The molecule has 1 unspecified atom stereocenters. The lowest BCUT2D eigenvalue weighted by atomic mass is 10.2. The van der Waals surface area contributed by atoms with Crippen LogP contribution in [-0.4, -0.2) is 9.49 Å². The van der Waals surface area contributed by atoms with E-state index in [1.165, 1.54) is 6.07 Å². The average Bonchev–Trinajstić information content (AvgIpc) is 2.80. The van der Waals surface area contributed by atoms with Crippen molar-refractivity contribution in [1.82, 2.24) is 4.57 Å². The molecule has 1 aromatic carbocycles. The molecule has 0 fully saturated rings. The third-order valence-corrected chi connectivity index (χ3v) is 3.13. The highest BCUT2D eigenvalue weighted by Gasteiger charge is 2.14. The molecule has 0 saturated carbocycles. The Bertz CT molecular complexity index is 608. The van der Waals surface area contributed by atoms with Gasteiger partial charge in [-0.05, 0) is 30.7 Å². The van der Waals surface area contributed by atoms with Gasteiger partial charge in [-0.1, -0.05) is 11.6 Å². The number of hydrogen-bond acceptors (Lipinski definition) is 3. The third kappa shape index (κ3) is 3.13. The molecule has 0 aliphatic carbocycles. The summed E-state index contributed by atoms with van der Waals surface area (Å²) in [6.45, 7) is 2.31. The van der Waals surface area contributed by atoms with Crippen LogP contribution in [0.2, 0.25) is 5.02 Å². The first kappa shape index (κ1) is 13.6. The molecule has 0 saturated heterocycles. The normalized spacial score (nSPS) is 12.4. The summed E-state index contributed by atoms with van der Waals surface area (Å²) < 4.78 is 1.87. The number of nitrogens with zero attached hydrogens (tertiary/aromatic N) is 2. The molecular formula is C13H14ClN3O2. The molecule has 1 atom stereocenters. The maximum atomic E-state index is 11.0. The van der Waals surface area contributed by atoms with E-state index in [1.807, 2.05) is 30.0 Å². The number of hydrogen-bond donors (Lipinski definition) is 1. The van der Waals surface area contributed by atoms with Gasteiger partial charge in [0.2, 0.25) is 0 Å². The van der Waals surface area contributed by atoms with Gasteiger partial charge in [0, 0.05) is 35.1 Å². The van der Waals surface area contributed by atoms with Gasteiger partial charge in [0.1, 0.15) is 0 Å². The van der Waals surface area contributed by atoms with Crippen molar-refractivity contribution in [3.05, 3.63) is 62.9 Å². The van der Waals surface area contributed by atoms with E-state index in [0.717, 1.165) is 5.56 Å². The van der Waals surface area contributed by atoms with Crippen molar-refractivity contribution in [3.63, 3.8) is 0 Å². The first-order valence-corrected chi connectivity index (χ1v) is 6.19. The van der Waals surface area contributed by atoms with Gasteiger partial charge in [-0.2, -0.15) is 0 Å². The molecule has 5 nitrogen and oxygen atoms in total. The third-order valence-electron chi connectivity index (χ3n) is 2.90. The first-order chi connectivity index (χ1) is 8.97. The fourth-order valence-corrected chi connectivity index (χ4v) is 2.03. The number of aromatic nitrogens is 1. The van der Waals surface area contributed by atoms with Crippen LogP contribution in [0.1, 0.15) is 24.1 Å². The fourth-order valence-electron chi connectivity index (χ4n) is 1.86. The van der Waals surface area contributed by atoms with Crippen LogP contribution in [-0.2, 0) is 6.54 Å². The van der Waals surface area contributed by atoms with Crippen molar-refractivity contribution < 1.29 is 4.92 Å². The second-order valence-corrected chi connectivity index (χ2v) is 4.87. The van der Waals surface area contributed by atoms with E-state index in [0.29, 0.717) is 17.1 Å². The molecule has 0 radical (unpaired) electrons. The second-order valence-electron chi connectivity index (χ2n) is 4.44. The Kier molecular flexibility index (Phi) is 3.87. The molecule has 0 aliphatic rings. The lowest BCUT2D eigenvalue weighted by Crippen LogP contribution is -2.04. The minimum atomic E-state index is -0.419. The SMILES string of the molecule is CC(N)c1ccn(Cc2ccc(Cl)cc2[N+](=O)[O-])c1. The highest BCUT2D eigenvalue weighted by atomic mass is 35.5. The van der Waals surface area contributed by atoms with E-state index in [4.69, 9.17) is 17.3 Å². The van der Waals surface area contributed by atoms with Gasteiger partial charge in [-0.3, -0.25) is 10.1 Å². The van der Waals surface area contributed by atoms with E-state index < -0.39 is 4.92 Å². The maximum Gasteiger partial charge on any atom is 0.275 e. The molecule has 6 heteroatoms. The molecule has 0 bridgehead atoms. The molecule has 2 N–H and O–H groups in total. The number of nitrogens with two attached hydrogens (primary N) is 1. The standard InChI is InChI=1S/C13H14ClN3O2/c1-9(15)10-4-5-16(7-10)8-11-2-3-12(14)6-13(11)17(18)19/h2-7,9H,8,15H2,1H3. The zero-order chi connectivity index (χ0) is 14.0. The Labute approximate surface area is 115 Å². The molecule has 0 aliphatic heterocycles. The smallest absolute Gasteiger partial charge is 0.275 e. The predicted octanol–water partition coefficient (Wildman–Crippen LogP) is 3.12. The Morgan fingerprint density at radius 3 is 2.79 bits per heavy atom. The molecule has 0 amide bonds. The van der Waals surface area contributed by atoms with Crippen molar-refractivity contribution in [2.24, 2.45) is 5.73 Å². The van der Waals surface area contributed by atoms with Crippen LogP contribution in [0.25, 0.3) is 0 Å². The van der Waals surface area contributed by atoms with Crippen LogP contribution in [0, 0.1) is 10.1 Å². The largest absolute Gasteiger partial charge is 0.349 e. The number of nitro groups is 1. The van der Waals surface area contributed by atoms with Crippen LogP contribution < -0.4 is 5.73 Å². The molecule has 2 rings (SSSR count). The molecular weight excluding hydrogens is 266 g/mol. The van der Waals surface area contributed by atoms with Gasteiger partial charge in [0.25, 0.3) is 5.69 Å². The summed E-state index contributed by atoms with van der Waals surface area (Å²) in [6, 6.07) is 6.55. The molecule has 0 spiro atoms. The van der Waals surface area contributed by atoms with Crippen LogP contribution in [0.15, 0.2) is 36.7 Å². The molecule has 1 heterocycles.